The molecule has 32 heavy (non-hydrogen) atoms. The van der Waals surface area contributed by atoms with Crippen LogP contribution in [0.2, 0.25) is 0 Å². The fraction of sp³-hybridized carbons (Fsp3) is 0.583. The average Bonchev–Trinajstić information content (AvgIpc) is 3.14. The molecule has 0 spiro atoms. The van der Waals surface area contributed by atoms with E-state index in [9.17, 15) is 14.9 Å². The number of fused-ring (bicyclic) bond motifs is 4. The minimum absolute atomic E-state index is 0.0810. The molecule has 2 N–H and O–H groups in total. The highest BCUT2D eigenvalue weighted by atomic mass is 16.2. The van der Waals surface area contributed by atoms with Gasteiger partial charge in [0.1, 0.15) is 6.04 Å². The highest BCUT2D eigenvalue weighted by molar-refractivity contribution is 5.87. The summed E-state index contributed by atoms with van der Waals surface area (Å²) in [4.78, 5) is 35.7. The van der Waals surface area contributed by atoms with Crippen molar-refractivity contribution in [3.8, 4) is 6.07 Å². The van der Waals surface area contributed by atoms with Gasteiger partial charge < -0.3 is 15.5 Å². The van der Waals surface area contributed by atoms with Crippen LogP contribution in [0.1, 0.15) is 42.9 Å². The SMILES string of the molecule is [C-]#[N+]c1ccc2c(c1)CC[C@@H]2N1C(=O)[C@H]2C[C@@H]1CN2C[C@H](N)C(=O)N1[C@H](C#N)CC2C[C@@H]21. The number of piperazine rings is 1. The first-order chi connectivity index (χ1) is 15.5. The number of nitriles is 1. The van der Waals surface area contributed by atoms with Crippen LogP contribution in [0.4, 0.5) is 5.69 Å². The Morgan fingerprint density at radius 1 is 1.31 bits per heavy atom. The molecule has 1 unspecified atom stereocenters. The third kappa shape index (κ3) is 2.80. The Morgan fingerprint density at radius 2 is 2.16 bits per heavy atom. The van der Waals surface area contributed by atoms with Crippen LogP contribution in [0.5, 0.6) is 0 Å². The van der Waals surface area contributed by atoms with Crippen LogP contribution in [-0.4, -0.2) is 69.8 Å². The fourth-order valence-corrected chi connectivity index (χ4v) is 6.65. The summed E-state index contributed by atoms with van der Waals surface area (Å²) in [6, 6.07) is 7.20. The number of benzene rings is 1. The number of hydrogen-bond acceptors (Lipinski definition) is 5. The predicted octanol–water partition coefficient (Wildman–Crippen LogP) is 1.35. The number of likely N-dealkylation sites (tertiary alicyclic amines) is 3. The van der Waals surface area contributed by atoms with Gasteiger partial charge in [-0.05, 0) is 43.6 Å². The molecular formula is C24H26N6O2. The minimum atomic E-state index is -0.704. The van der Waals surface area contributed by atoms with Gasteiger partial charge in [0.2, 0.25) is 11.8 Å². The maximum absolute atomic E-state index is 13.3. The number of carbonyl (C=O) groups is 2. The van der Waals surface area contributed by atoms with Crippen molar-refractivity contribution in [2.24, 2.45) is 11.7 Å². The third-order valence-corrected chi connectivity index (χ3v) is 8.21. The lowest BCUT2D eigenvalue weighted by Crippen LogP contribution is -2.57. The van der Waals surface area contributed by atoms with Crippen molar-refractivity contribution in [2.45, 2.75) is 68.4 Å². The molecule has 0 aromatic heterocycles. The van der Waals surface area contributed by atoms with E-state index in [4.69, 9.17) is 12.3 Å². The topological polar surface area (TPSA) is 98.0 Å². The number of nitrogens with zero attached hydrogens (tertiary/aromatic N) is 5. The van der Waals surface area contributed by atoms with E-state index in [-0.39, 0.29) is 42.0 Å². The summed E-state index contributed by atoms with van der Waals surface area (Å²) >= 11 is 0. The molecular weight excluding hydrogens is 404 g/mol. The third-order valence-electron chi connectivity index (χ3n) is 8.21. The first kappa shape index (κ1) is 19.7. The van der Waals surface area contributed by atoms with Gasteiger partial charge in [-0.2, -0.15) is 5.26 Å². The lowest BCUT2D eigenvalue weighted by molar-refractivity contribution is -0.141. The Morgan fingerprint density at radius 3 is 2.91 bits per heavy atom. The number of amides is 2. The molecule has 7 atom stereocenters. The second-order valence-electron chi connectivity index (χ2n) is 9.95. The van der Waals surface area contributed by atoms with Gasteiger partial charge in [0.05, 0.1) is 30.8 Å². The molecule has 2 bridgehead atoms. The van der Waals surface area contributed by atoms with Crippen molar-refractivity contribution in [1.82, 2.24) is 14.7 Å². The lowest BCUT2D eigenvalue weighted by atomic mass is 10.0. The zero-order valence-electron chi connectivity index (χ0n) is 17.9. The van der Waals surface area contributed by atoms with E-state index in [1.807, 2.05) is 18.2 Å². The molecule has 5 aliphatic rings. The minimum Gasteiger partial charge on any atom is -0.330 e. The van der Waals surface area contributed by atoms with Crippen molar-refractivity contribution in [1.29, 1.82) is 5.26 Å². The second-order valence-corrected chi connectivity index (χ2v) is 9.95. The van der Waals surface area contributed by atoms with Gasteiger partial charge in [-0.25, -0.2) is 4.85 Å². The van der Waals surface area contributed by atoms with Crippen LogP contribution in [0.25, 0.3) is 4.85 Å². The summed E-state index contributed by atoms with van der Waals surface area (Å²) in [5, 5.41) is 9.38. The zero-order valence-corrected chi connectivity index (χ0v) is 17.9. The first-order valence-corrected chi connectivity index (χ1v) is 11.5. The van der Waals surface area contributed by atoms with E-state index in [2.05, 4.69) is 20.7 Å². The Labute approximate surface area is 187 Å². The van der Waals surface area contributed by atoms with Gasteiger partial charge in [-0.15, -0.1) is 0 Å². The normalized spacial score (nSPS) is 35.4. The van der Waals surface area contributed by atoms with E-state index in [0.717, 1.165) is 38.6 Å². The standard InChI is InChI=1S/C24H26N6O2/c1-27-15-3-4-18-13(6-15)2-5-20(18)30-17-9-22(24(30)32)28(11-17)12-19(26)23(31)29-16(10-25)7-14-8-21(14)29/h3-4,6,14,16-17,19-22H,2,5,7-9,11-12,26H2/t14?,16-,17+,19-,20-,21-,22+/m0/s1. The number of nitrogens with two attached hydrogens (primary N) is 1. The molecule has 2 amide bonds. The molecule has 6 rings (SSSR count). The van der Waals surface area contributed by atoms with E-state index in [0.29, 0.717) is 18.2 Å². The zero-order chi connectivity index (χ0) is 22.1. The molecule has 8 heteroatoms. The number of hydrogen-bond donors (Lipinski definition) is 1. The smallest absolute Gasteiger partial charge is 0.242 e. The Kier molecular flexibility index (Phi) is 4.33. The maximum atomic E-state index is 13.3. The van der Waals surface area contributed by atoms with E-state index in [1.54, 1.807) is 4.90 Å². The molecule has 1 aromatic carbocycles. The highest BCUT2D eigenvalue weighted by Crippen LogP contribution is 2.48. The van der Waals surface area contributed by atoms with Crippen LogP contribution in [-0.2, 0) is 16.0 Å². The summed E-state index contributed by atoms with van der Waals surface area (Å²) in [6.07, 6.45) is 4.32. The van der Waals surface area contributed by atoms with Gasteiger partial charge >= 0.3 is 0 Å². The monoisotopic (exact) mass is 430 g/mol. The molecule has 2 aliphatic carbocycles. The van der Waals surface area contributed by atoms with E-state index in [1.165, 1.54) is 11.1 Å². The first-order valence-electron chi connectivity index (χ1n) is 11.5. The highest BCUT2D eigenvalue weighted by Gasteiger charge is 2.56. The van der Waals surface area contributed by atoms with E-state index >= 15 is 0 Å². The summed E-state index contributed by atoms with van der Waals surface area (Å²) in [6.45, 7) is 8.32. The van der Waals surface area contributed by atoms with Gasteiger partial charge in [0.15, 0.2) is 5.69 Å². The van der Waals surface area contributed by atoms with Crippen LogP contribution >= 0.6 is 0 Å². The average molecular weight is 431 g/mol. The van der Waals surface area contributed by atoms with Crippen molar-refractivity contribution < 1.29 is 9.59 Å². The van der Waals surface area contributed by atoms with Gasteiger partial charge in [0.25, 0.3) is 0 Å². The van der Waals surface area contributed by atoms with Crippen molar-refractivity contribution in [2.75, 3.05) is 13.1 Å². The van der Waals surface area contributed by atoms with Crippen molar-refractivity contribution in [3.05, 3.63) is 40.7 Å². The van der Waals surface area contributed by atoms with Gasteiger partial charge in [0, 0.05) is 25.2 Å². The molecule has 3 aliphatic heterocycles. The molecule has 4 fully saturated rings. The lowest BCUT2D eigenvalue weighted by Gasteiger charge is -2.38. The van der Waals surface area contributed by atoms with Crippen molar-refractivity contribution in [3.63, 3.8) is 0 Å². The molecule has 3 heterocycles. The molecule has 164 valence electrons. The summed E-state index contributed by atoms with van der Waals surface area (Å²) in [5.74, 6) is 0.453. The Bertz CT molecular complexity index is 1090. The van der Waals surface area contributed by atoms with E-state index < -0.39 is 6.04 Å². The largest absolute Gasteiger partial charge is 0.330 e. The molecule has 1 saturated carbocycles. The maximum Gasteiger partial charge on any atom is 0.242 e. The van der Waals surface area contributed by atoms with Crippen LogP contribution in [0.15, 0.2) is 18.2 Å². The van der Waals surface area contributed by atoms with Gasteiger partial charge in [-0.3, -0.25) is 14.5 Å². The Balaban J connectivity index is 1.13. The predicted molar refractivity (Wildman–Crippen MR) is 115 cm³/mol. The number of aryl methyl sites for hydroxylation is 1. The van der Waals surface area contributed by atoms with Crippen molar-refractivity contribution >= 4 is 17.5 Å². The number of rotatable bonds is 4. The van der Waals surface area contributed by atoms with Crippen LogP contribution in [0.3, 0.4) is 0 Å². The molecule has 1 aromatic rings. The van der Waals surface area contributed by atoms with Crippen LogP contribution in [0, 0.1) is 23.8 Å². The van der Waals surface area contributed by atoms with Gasteiger partial charge in [-0.1, -0.05) is 23.8 Å². The molecule has 8 nitrogen and oxygen atoms in total. The quantitative estimate of drug-likeness (QED) is 0.727. The summed E-state index contributed by atoms with van der Waals surface area (Å²) in [5.41, 5.74) is 9.31. The second kappa shape index (κ2) is 7.03. The van der Waals surface area contributed by atoms with Crippen LogP contribution < -0.4 is 5.73 Å². The Hall–Kier alpha value is -2.94. The summed E-state index contributed by atoms with van der Waals surface area (Å²) < 4.78 is 0. The summed E-state index contributed by atoms with van der Waals surface area (Å²) in [7, 11) is 0. The number of carbonyl (C=O) groups excluding carboxylic acids is 2. The fourth-order valence-electron chi connectivity index (χ4n) is 6.65. The number of piperidine rings is 1. The molecule has 3 saturated heterocycles. The molecule has 0 radical (unpaired) electrons.